The van der Waals surface area contributed by atoms with Crippen molar-refractivity contribution in [2.24, 2.45) is 5.10 Å². The van der Waals surface area contributed by atoms with Crippen LogP contribution in [0.1, 0.15) is 32.6 Å². The van der Waals surface area contributed by atoms with Crippen molar-refractivity contribution in [2.75, 3.05) is 39.4 Å². The number of carbonyl (C=O) groups is 4. The molecule has 0 bridgehead atoms. The second-order valence-electron chi connectivity index (χ2n) is 10.7. The molecule has 1 heterocycles. The highest BCUT2D eigenvalue weighted by atomic mass is 32.2. The van der Waals surface area contributed by atoms with Crippen LogP contribution in [0.2, 0.25) is 0 Å². The number of carboxylic acids is 1. The van der Waals surface area contributed by atoms with E-state index in [9.17, 15) is 32.7 Å². The Kier molecular flexibility index (Phi) is 11.7. The molecule has 16 heteroatoms. The lowest BCUT2D eigenvalue weighted by Gasteiger charge is -2.31. The predicted octanol–water partition coefficient (Wildman–Crippen LogP) is 0.849. The van der Waals surface area contributed by atoms with Crippen LogP contribution in [0.15, 0.2) is 52.5 Å². The van der Waals surface area contributed by atoms with E-state index < -0.39 is 52.5 Å². The Hall–Kier alpha value is -4.28. The van der Waals surface area contributed by atoms with Crippen LogP contribution in [0.25, 0.3) is 10.8 Å². The summed E-state index contributed by atoms with van der Waals surface area (Å²) < 4.78 is 39.8. The van der Waals surface area contributed by atoms with Gasteiger partial charge in [-0.05, 0) is 42.7 Å². The van der Waals surface area contributed by atoms with Gasteiger partial charge in [-0.3, -0.25) is 14.4 Å². The van der Waals surface area contributed by atoms with E-state index in [0.29, 0.717) is 37.9 Å². The van der Waals surface area contributed by atoms with Crippen LogP contribution in [0.5, 0.6) is 0 Å². The van der Waals surface area contributed by atoms with Crippen molar-refractivity contribution in [3.05, 3.63) is 42.5 Å². The molecule has 4 N–H and O–H groups in total. The first-order valence-corrected chi connectivity index (χ1v) is 16.2. The summed E-state index contributed by atoms with van der Waals surface area (Å²) in [4.78, 5) is 52.5. The summed E-state index contributed by atoms with van der Waals surface area (Å²) in [5.74, 6) is -2.35. The number of nitrogens with zero attached hydrogens (tertiary/aromatic N) is 3. The average molecular weight is 647 g/mol. The predicted molar refractivity (Wildman–Crippen MR) is 163 cm³/mol. The zero-order valence-electron chi connectivity index (χ0n) is 24.9. The third-order valence-electron chi connectivity index (χ3n) is 7.20. The van der Waals surface area contributed by atoms with E-state index in [1.54, 1.807) is 30.0 Å². The average Bonchev–Trinajstić information content (AvgIpc) is 3.85. The SMILES string of the molecule is CCOC(=O)NN=CN1CCOC(CNC(=O)C[C@H](NS(=O)(=O)c2ccc3ccccc3c2)C(=O)N(CCC(=O)O)C2CC2)C1. The van der Waals surface area contributed by atoms with Crippen LogP contribution in [0, 0.1) is 0 Å². The van der Waals surface area contributed by atoms with Crippen molar-refractivity contribution < 1.29 is 42.2 Å². The molecule has 45 heavy (non-hydrogen) atoms. The zero-order valence-corrected chi connectivity index (χ0v) is 25.7. The van der Waals surface area contributed by atoms with E-state index in [0.717, 1.165) is 5.39 Å². The molecule has 2 aliphatic rings. The van der Waals surface area contributed by atoms with Gasteiger partial charge < -0.3 is 29.7 Å². The van der Waals surface area contributed by atoms with Crippen LogP contribution in [0.4, 0.5) is 4.79 Å². The zero-order chi connectivity index (χ0) is 32.4. The summed E-state index contributed by atoms with van der Waals surface area (Å²) in [7, 11) is -4.25. The van der Waals surface area contributed by atoms with Gasteiger partial charge in [0.25, 0.3) is 0 Å². The fourth-order valence-electron chi connectivity index (χ4n) is 4.83. The molecule has 15 nitrogen and oxygen atoms in total. The van der Waals surface area contributed by atoms with Gasteiger partial charge in [-0.2, -0.15) is 9.82 Å². The summed E-state index contributed by atoms with van der Waals surface area (Å²) in [5.41, 5.74) is 2.24. The van der Waals surface area contributed by atoms with Gasteiger partial charge in [0, 0.05) is 32.2 Å². The Bertz CT molecular complexity index is 1510. The van der Waals surface area contributed by atoms with Gasteiger partial charge in [-0.25, -0.2) is 18.6 Å². The van der Waals surface area contributed by atoms with E-state index in [-0.39, 0.29) is 37.1 Å². The molecule has 1 saturated heterocycles. The molecule has 2 atom stereocenters. The van der Waals surface area contributed by atoms with E-state index in [4.69, 9.17) is 9.47 Å². The van der Waals surface area contributed by atoms with Crippen LogP contribution < -0.4 is 15.5 Å². The van der Waals surface area contributed by atoms with Crippen molar-refractivity contribution in [3.8, 4) is 0 Å². The molecule has 3 amide bonds. The van der Waals surface area contributed by atoms with E-state index >= 15 is 0 Å². The first-order valence-electron chi connectivity index (χ1n) is 14.7. The first-order chi connectivity index (χ1) is 21.6. The Morgan fingerprint density at radius 2 is 1.93 bits per heavy atom. The van der Waals surface area contributed by atoms with Crippen LogP contribution >= 0.6 is 0 Å². The minimum Gasteiger partial charge on any atom is -0.481 e. The number of nitrogens with one attached hydrogen (secondary N) is 3. The standard InChI is InChI=1S/C29H38N6O9S/c1-2-43-29(40)32-31-19-34-13-14-44-23(18-34)17-30-26(36)16-25(28(39)35(22-8-9-22)12-11-27(37)38)33-45(41,42)24-10-7-20-5-3-4-6-21(20)15-24/h3-7,10,15,19,22-23,25,33H,2,8-9,11-14,16-18H2,1H3,(H,30,36)(H,32,40)(H,37,38)/t23?,25-/m0/s1. The molecule has 0 spiro atoms. The summed E-state index contributed by atoms with van der Waals surface area (Å²) in [6.45, 7) is 3.02. The van der Waals surface area contributed by atoms with Gasteiger partial charge in [0.15, 0.2) is 0 Å². The third kappa shape index (κ3) is 10.1. The first kappa shape index (κ1) is 33.6. The number of rotatable bonds is 15. The van der Waals surface area contributed by atoms with Crippen molar-refractivity contribution in [2.45, 2.75) is 55.7 Å². The van der Waals surface area contributed by atoms with Gasteiger partial charge in [0.1, 0.15) is 12.4 Å². The number of hydrogen-bond acceptors (Lipinski definition) is 9. The highest BCUT2D eigenvalue weighted by molar-refractivity contribution is 7.89. The smallest absolute Gasteiger partial charge is 0.427 e. The number of carbonyl (C=O) groups excluding carboxylic acids is 3. The molecule has 1 aliphatic heterocycles. The normalized spacial score (nSPS) is 17.5. The van der Waals surface area contributed by atoms with Gasteiger partial charge in [-0.15, -0.1) is 0 Å². The molecule has 2 fully saturated rings. The van der Waals surface area contributed by atoms with Gasteiger partial charge >= 0.3 is 12.1 Å². The molecule has 244 valence electrons. The lowest BCUT2D eigenvalue weighted by atomic mass is 10.1. The Morgan fingerprint density at radius 3 is 2.64 bits per heavy atom. The maximum Gasteiger partial charge on any atom is 0.427 e. The molecule has 1 saturated carbocycles. The Balaban J connectivity index is 1.43. The number of benzene rings is 2. The minimum atomic E-state index is -4.25. The van der Waals surface area contributed by atoms with Crippen LogP contribution in [0.3, 0.4) is 0 Å². The maximum atomic E-state index is 13.7. The van der Waals surface area contributed by atoms with Crippen molar-refractivity contribution in [1.82, 2.24) is 25.3 Å². The van der Waals surface area contributed by atoms with Gasteiger partial charge in [0.05, 0.1) is 37.1 Å². The molecule has 1 unspecified atom stereocenters. The largest absolute Gasteiger partial charge is 0.481 e. The lowest BCUT2D eigenvalue weighted by molar-refractivity contribution is -0.140. The number of morpholine rings is 1. The summed E-state index contributed by atoms with van der Waals surface area (Å²) in [5, 5.41) is 17.3. The lowest BCUT2D eigenvalue weighted by Crippen LogP contribution is -2.52. The number of sulfonamides is 1. The van der Waals surface area contributed by atoms with E-state index in [2.05, 4.69) is 20.6 Å². The topological polar surface area (TPSA) is 196 Å². The number of carboxylic acid groups (broad SMARTS) is 1. The molecule has 2 aromatic carbocycles. The minimum absolute atomic E-state index is 0.0676. The van der Waals surface area contributed by atoms with Gasteiger partial charge in [0.2, 0.25) is 21.8 Å². The monoisotopic (exact) mass is 646 g/mol. The Labute approximate surface area is 260 Å². The Morgan fingerprint density at radius 1 is 1.18 bits per heavy atom. The molecule has 4 rings (SSSR count). The van der Waals surface area contributed by atoms with E-state index in [1.165, 1.54) is 23.4 Å². The number of hydrazone groups is 1. The molecule has 1 aliphatic carbocycles. The molecular weight excluding hydrogens is 608 g/mol. The van der Waals surface area contributed by atoms with Crippen molar-refractivity contribution in [3.63, 3.8) is 0 Å². The third-order valence-corrected chi connectivity index (χ3v) is 8.67. The molecule has 2 aromatic rings. The fraction of sp³-hybridized carbons (Fsp3) is 0.483. The fourth-order valence-corrected chi connectivity index (χ4v) is 6.05. The number of ether oxygens (including phenoxy) is 2. The van der Waals surface area contributed by atoms with Crippen molar-refractivity contribution in [1.29, 1.82) is 0 Å². The number of fused-ring (bicyclic) bond motifs is 1. The molecule has 0 radical (unpaired) electrons. The highest BCUT2D eigenvalue weighted by Crippen LogP contribution is 2.28. The maximum absolute atomic E-state index is 13.7. The summed E-state index contributed by atoms with van der Waals surface area (Å²) in [6.07, 6.45) is 0.795. The molecular formula is C29H38N6O9S. The second-order valence-corrected chi connectivity index (χ2v) is 12.4. The summed E-state index contributed by atoms with van der Waals surface area (Å²) >= 11 is 0. The second kappa shape index (κ2) is 15.6. The quantitative estimate of drug-likeness (QED) is 0.122. The van der Waals surface area contributed by atoms with Gasteiger partial charge in [-0.1, -0.05) is 30.3 Å². The molecule has 0 aromatic heterocycles. The number of amides is 3. The van der Waals surface area contributed by atoms with Crippen molar-refractivity contribution >= 4 is 51.0 Å². The number of hydrogen-bond donors (Lipinski definition) is 4. The van der Waals surface area contributed by atoms with Crippen LogP contribution in [-0.2, 0) is 33.9 Å². The van der Waals surface area contributed by atoms with E-state index in [1.807, 2.05) is 12.1 Å². The summed E-state index contributed by atoms with van der Waals surface area (Å²) in [6, 6.07) is 10.1. The highest BCUT2D eigenvalue weighted by Gasteiger charge is 2.38. The number of aliphatic carboxylic acids is 1. The van der Waals surface area contributed by atoms with Crippen LogP contribution in [-0.4, -0.2) is 111 Å².